The van der Waals surface area contributed by atoms with Crippen molar-refractivity contribution in [3.63, 3.8) is 0 Å². The maximum Gasteiger partial charge on any atom is 0.278 e. The van der Waals surface area contributed by atoms with Gasteiger partial charge in [0.25, 0.3) is 5.69 Å². The summed E-state index contributed by atoms with van der Waals surface area (Å²) in [6.07, 6.45) is 0. The number of nitrogens with one attached hydrogen (secondary N) is 1. The van der Waals surface area contributed by atoms with E-state index in [0.29, 0.717) is 5.39 Å². The van der Waals surface area contributed by atoms with E-state index in [1.165, 1.54) is 12.1 Å². The number of hydrogen-bond donors (Lipinski definition) is 3. The van der Waals surface area contributed by atoms with Crippen molar-refractivity contribution in [3.05, 3.63) is 65.6 Å². The van der Waals surface area contributed by atoms with Crippen LogP contribution >= 0.6 is 0 Å². The molecule has 4 rings (SSSR count). The van der Waals surface area contributed by atoms with Crippen molar-refractivity contribution in [2.75, 3.05) is 0 Å². The number of aromatic hydroxyl groups is 2. The molecule has 0 aromatic heterocycles. The van der Waals surface area contributed by atoms with Gasteiger partial charge in [-0.3, -0.25) is 0 Å². The highest BCUT2D eigenvalue weighted by Crippen LogP contribution is 2.37. The Morgan fingerprint density at radius 3 is 2.40 bits per heavy atom. The van der Waals surface area contributed by atoms with Crippen molar-refractivity contribution in [2.45, 2.75) is 4.90 Å². The third kappa shape index (κ3) is 3.34. The van der Waals surface area contributed by atoms with E-state index in [9.17, 15) is 28.1 Å². The molecule has 30 heavy (non-hydrogen) atoms. The fourth-order valence-electron chi connectivity index (χ4n) is 3.20. The summed E-state index contributed by atoms with van der Waals surface area (Å²) in [4.78, 5) is 10.1. The minimum atomic E-state index is -4.94. The predicted molar refractivity (Wildman–Crippen MR) is 107 cm³/mol. The third-order valence-corrected chi connectivity index (χ3v) is 5.48. The van der Waals surface area contributed by atoms with E-state index in [0.717, 1.165) is 17.5 Å². The van der Waals surface area contributed by atoms with Crippen molar-refractivity contribution in [2.24, 2.45) is 10.3 Å². The van der Waals surface area contributed by atoms with Crippen LogP contribution in [-0.2, 0) is 10.1 Å². The van der Waals surface area contributed by atoms with E-state index < -0.39 is 20.8 Å². The van der Waals surface area contributed by atoms with Gasteiger partial charge in [0.05, 0.1) is 10.3 Å². The van der Waals surface area contributed by atoms with Crippen molar-refractivity contribution >= 4 is 48.7 Å². The fourth-order valence-corrected chi connectivity index (χ4v) is 3.89. The molecule has 4 aromatic carbocycles. The lowest BCUT2D eigenvalue weighted by Crippen LogP contribution is -2.57. The number of rotatable bonds is 4. The molecule has 150 valence electrons. The molecule has 0 aliphatic heterocycles. The maximum atomic E-state index is 11.6. The van der Waals surface area contributed by atoms with Crippen molar-refractivity contribution in [1.29, 1.82) is 0 Å². The van der Waals surface area contributed by atoms with Gasteiger partial charge in [-0.1, -0.05) is 35.4 Å². The van der Waals surface area contributed by atoms with E-state index in [4.69, 9.17) is 0 Å². The summed E-state index contributed by atoms with van der Waals surface area (Å²) in [5.41, 5.74) is 0.0727. The summed E-state index contributed by atoms with van der Waals surface area (Å²) in [7, 11) is -4.94. The summed E-state index contributed by atoms with van der Waals surface area (Å²) in [6, 6.07) is 15.0. The van der Waals surface area contributed by atoms with Crippen LogP contribution in [0.1, 0.15) is 0 Å². The average Bonchev–Trinajstić information content (AvgIpc) is 2.73. The van der Waals surface area contributed by atoms with Gasteiger partial charge in [0.1, 0.15) is 15.8 Å². The minimum Gasteiger partial charge on any atom is -0.744 e. The first-order chi connectivity index (χ1) is 14.3. The van der Waals surface area contributed by atoms with Crippen LogP contribution in [0.2, 0.25) is 0 Å². The molecular weight excluding hydrogens is 410 g/mol. The summed E-state index contributed by atoms with van der Waals surface area (Å²) >= 11 is 0. The standard InChI is InChI=1S/C20H13N3O6S/c24-17-10-18(30(27,28)29)15-9-12(23-26)6-7-14(15)19(17)22-21-16-8-5-11-3-1-2-4-13(11)20(16)25/h1-10,24-25H,(H,27,28,29). The lowest BCUT2D eigenvalue weighted by Gasteiger charge is -2.11. The van der Waals surface area contributed by atoms with Gasteiger partial charge in [0.2, 0.25) is 0 Å². The molecule has 0 heterocycles. The fraction of sp³-hybridized carbons (Fsp3) is 0. The second-order valence-electron chi connectivity index (χ2n) is 6.42. The molecule has 0 saturated carbocycles. The molecule has 4 aromatic rings. The molecule has 3 N–H and O–H groups in total. The maximum absolute atomic E-state index is 11.6. The highest BCUT2D eigenvalue weighted by Gasteiger charge is 2.20. The molecule has 0 atom stereocenters. The van der Waals surface area contributed by atoms with Gasteiger partial charge in [-0.25, -0.2) is 8.42 Å². The third-order valence-electron chi connectivity index (χ3n) is 4.60. The number of benzene rings is 4. The van der Waals surface area contributed by atoms with Gasteiger partial charge in [0, 0.05) is 22.0 Å². The zero-order valence-corrected chi connectivity index (χ0v) is 15.9. The van der Waals surface area contributed by atoms with E-state index in [2.05, 4.69) is 15.4 Å². The number of hydrogen-bond acceptors (Lipinski definition) is 8. The topological polar surface area (TPSA) is 153 Å². The number of azo groups is 1. The van der Waals surface area contributed by atoms with Crippen LogP contribution in [0.15, 0.2) is 75.9 Å². The van der Waals surface area contributed by atoms with Crippen molar-refractivity contribution in [3.8, 4) is 11.5 Å². The average molecular weight is 423 g/mol. The van der Waals surface area contributed by atoms with Gasteiger partial charge in [0.15, 0.2) is 17.2 Å². The Labute approximate surface area is 169 Å². The van der Waals surface area contributed by atoms with Crippen LogP contribution in [0.3, 0.4) is 0 Å². The second-order valence-corrected chi connectivity index (χ2v) is 7.77. The number of phenols is 2. The number of nitroso groups, excluding NO2 is 1. The minimum absolute atomic E-state index is 0.0117. The zero-order valence-electron chi connectivity index (χ0n) is 15.1. The van der Waals surface area contributed by atoms with Crippen LogP contribution < -0.4 is 5.11 Å². The first-order valence-electron chi connectivity index (χ1n) is 8.56. The number of phenolic OH excluding ortho intramolecular Hbond substituents is 2. The molecule has 0 radical (unpaired) electrons. The number of fused-ring (bicyclic) bond motifs is 2. The molecule has 10 heteroatoms. The molecule has 0 aliphatic rings. The number of nitrogens with zero attached hydrogens (tertiary/aromatic N) is 2. The van der Waals surface area contributed by atoms with E-state index in [1.54, 1.807) is 24.3 Å². The van der Waals surface area contributed by atoms with Gasteiger partial charge in [-0.2, -0.15) is 0 Å². The van der Waals surface area contributed by atoms with Crippen molar-refractivity contribution < 1.29 is 28.3 Å². The van der Waals surface area contributed by atoms with Crippen LogP contribution in [0.5, 0.6) is 11.5 Å². The Bertz CT molecular complexity index is 1460. The summed E-state index contributed by atoms with van der Waals surface area (Å²) in [5, 5.41) is 31.6. The van der Waals surface area contributed by atoms with Crippen LogP contribution in [-0.4, -0.2) is 23.2 Å². The van der Waals surface area contributed by atoms with Crippen LogP contribution in [0.25, 0.3) is 21.5 Å². The van der Waals surface area contributed by atoms with Gasteiger partial charge < -0.3 is 14.8 Å². The molecule has 0 amide bonds. The molecule has 0 unspecified atom stereocenters. The molecule has 0 spiro atoms. The van der Waals surface area contributed by atoms with Gasteiger partial charge in [-0.05, 0) is 34.8 Å². The molecule has 0 bridgehead atoms. The largest absolute Gasteiger partial charge is 0.744 e. The molecule has 0 saturated heterocycles. The Morgan fingerprint density at radius 2 is 1.67 bits per heavy atom. The molecule has 9 nitrogen and oxygen atoms in total. The quantitative estimate of drug-likeness (QED) is 0.198. The Morgan fingerprint density at radius 1 is 0.900 bits per heavy atom. The van der Waals surface area contributed by atoms with Gasteiger partial charge in [-0.15, -0.1) is 4.91 Å². The molecule has 0 fully saturated rings. The Balaban J connectivity index is 1.93. The summed E-state index contributed by atoms with van der Waals surface area (Å²) < 4.78 is 34.8. The normalized spacial score (nSPS) is 12.0. The Hall–Kier alpha value is -3.89. The highest BCUT2D eigenvalue weighted by molar-refractivity contribution is 7.86. The Kier molecular flexibility index (Phi) is 4.65. The van der Waals surface area contributed by atoms with E-state index in [1.807, 2.05) is 12.1 Å². The van der Waals surface area contributed by atoms with E-state index in [-0.39, 0.29) is 33.6 Å². The van der Waals surface area contributed by atoms with Crippen LogP contribution in [0.4, 0.5) is 17.1 Å². The molecule has 0 aliphatic carbocycles. The first-order valence-corrected chi connectivity index (χ1v) is 9.97. The smallest absolute Gasteiger partial charge is 0.278 e. The second kappa shape index (κ2) is 7.17. The van der Waals surface area contributed by atoms with Crippen molar-refractivity contribution in [1.82, 2.24) is 0 Å². The van der Waals surface area contributed by atoms with Gasteiger partial charge >= 0.3 is 0 Å². The molecular formula is C20H13N3O6S. The monoisotopic (exact) mass is 423 g/mol. The summed E-state index contributed by atoms with van der Waals surface area (Å²) in [5.74, 6) is -0.636. The lowest BCUT2D eigenvalue weighted by molar-refractivity contribution is -0.432. The highest BCUT2D eigenvalue weighted by atomic mass is 32.2. The predicted octanol–water partition coefficient (Wildman–Crippen LogP) is 3.20. The SMILES string of the molecule is O=Nc1ccc2c([NH+]=Nc3ccc4ccccc4c3O)c(O)cc(S(=O)(=O)[O-])c2c1. The van der Waals surface area contributed by atoms with E-state index >= 15 is 0 Å². The zero-order chi connectivity index (χ0) is 21.5. The lowest BCUT2D eigenvalue weighted by atomic mass is 10.1. The first kappa shape index (κ1) is 19.4. The van der Waals surface area contributed by atoms with Crippen LogP contribution in [0, 0.1) is 4.91 Å². The summed E-state index contributed by atoms with van der Waals surface area (Å²) in [6.45, 7) is 0.